The summed E-state index contributed by atoms with van der Waals surface area (Å²) in [4.78, 5) is 0. The minimum absolute atomic E-state index is 0.575. The SMILES string of the molecule is Nc1ccc2cn[nH]c2c1N=Nc1ccccc1. The van der Waals surface area contributed by atoms with E-state index in [0.29, 0.717) is 11.4 Å². The third-order valence-corrected chi connectivity index (χ3v) is 2.64. The van der Waals surface area contributed by atoms with Gasteiger partial charge in [-0.25, -0.2) is 0 Å². The van der Waals surface area contributed by atoms with Crippen LogP contribution in [0.3, 0.4) is 0 Å². The van der Waals surface area contributed by atoms with Gasteiger partial charge in [-0.05, 0) is 24.3 Å². The quantitative estimate of drug-likeness (QED) is 0.528. The summed E-state index contributed by atoms with van der Waals surface area (Å²) >= 11 is 0. The van der Waals surface area contributed by atoms with E-state index in [4.69, 9.17) is 5.73 Å². The minimum atomic E-state index is 0.575. The highest BCUT2D eigenvalue weighted by atomic mass is 15.1. The molecule has 0 saturated carbocycles. The highest BCUT2D eigenvalue weighted by molar-refractivity contribution is 5.94. The molecule has 0 spiro atoms. The molecule has 0 saturated heterocycles. The fourth-order valence-electron chi connectivity index (χ4n) is 1.72. The van der Waals surface area contributed by atoms with Crippen LogP contribution in [0.25, 0.3) is 10.9 Å². The number of hydrogen-bond acceptors (Lipinski definition) is 4. The van der Waals surface area contributed by atoms with Crippen molar-refractivity contribution in [1.29, 1.82) is 0 Å². The second kappa shape index (κ2) is 4.29. The molecule has 0 fully saturated rings. The van der Waals surface area contributed by atoms with Crippen molar-refractivity contribution in [3.05, 3.63) is 48.7 Å². The second-order valence-electron chi connectivity index (χ2n) is 3.87. The Kier molecular flexibility index (Phi) is 2.49. The van der Waals surface area contributed by atoms with E-state index in [1.165, 1.54) is 0 Å². The van der Waals surface area contributed by atoms with Crippen LogP contribution in [-0.4, -0.2) is 10.2 Å². The summed E-state index contributed by atoms with van der Waals surface area (Å²) in [5, 5.41) is 16.2. The number of rotatable bonds is 2. The molecule has 18 heavy (non-hydrogen) atoms. The Morgan fingerprint density at radius 1 is 1.00 bits per heavy atom. The highest BCUT2D eigenvalue weighted by Crippen LogP contribution is 2.31. The largest absolute Gasteiger partial charge is 0.397 e. The van der Waals surface area contributed by atoms with Crippen molar-refractivity contribution in [3.8, 4) is 0 Å². The summed E-state index contributed by atoms with van der Waals surface area (Å²) in [5.41, 5.74) is 8.69. The van der Waals surface area contributed by atoms with Crippen LogP contribution in [0.4, 0.5) is 17.1 Å². The van der Waals surface area contributed by atoms with Crippen LogP contribution < -0.4 is 5.73 Å². The molecule has 1 heterocycles. The van der Waals surface area contributed by atoms with E-state index < -0.39 is 0 Å². The van der Waals surface area contributed by atoms with E-state index in [1.807, 2.05) is 36.4 Å². The van der Waals surface area contributed by atoms with Gasteiger partial charge in [0, 0.05) is 5.39 Å². The number of aromatic nitrogens is 2. The fraction of sp³-hybridized carbons (Fsp3) is 0. The van der Waals surface area contributed by atoms with Crippen molar-refractivity contribution in [2.75, 3.05) is 5.73 Å². The number of nitrogen functional groups attached to an aromatic ring is 1. The molecule has 0 amide bonds. The van der Waals surface area contributed by atoms with Crippen molar-refractivity contribution in [2.24, 2.45) is 10.2 Å². The summed E-state index contributed by atoms with van der Waals surface area (Å²) in [6.45, 7) is 0. The maximum absolute atomic E-state index is 5.91. The molecule has 5 nitrogen and oxygen atoms in total. The van der Waals surface area contributed by atoms with Crippen LogP contribution in [0.2, 0.25) is 0 Å². The van der Waals surface area contributed by atoms with Crippen LogP contribution in [0.5, 0.6) is 0 Å². The molecule has 3 N–H and O–H groups in total. The Morgan fingerprint density at radius 3 is 2.67 bits per heavy atom. The highest BCUT2D eigenvalue weighted by Gasteiger charge is 2.06. The zero-order chi connectivity index (χ0) is 12.4. The molecule has 0 aliphatic carbocycles. The summed E-state index contributed by atoms with van der Waals surface area (Å²) < 4.78 is 0. The van der Waals surface area contributed by atoms with Crippen molar-refractivity contribution < 1.29 is 0 Å². The van der Waals surface area contributed by atoms with Gasteiger partial charge >= 0.3 is 0 Å². The predicted molar refractivity (Wildman–Crippen MR) is 71.1 cm³/mol. The van der Waals surface area contributed by atoms with Crippen molar-refractivity contribution >= 4 is 28.0 Å². The Balaban J connectivity index is 2.07. The summed E-state index contributed by atoms with van der Waals surface area (Å²) in [6, 6.07) is 13.2. The number of azo groups is 1. The molecule has 0 unspecified atom stereocenters. The molecule has 88 valence electrons. The molecule has 0 radical (unpaired) electrons. The van der Waals surface area contributed by atoms with Crippen LogP contribution in [-0.2, 0) is 0 Å². The maximum atomic E-state index is 5.91. The number of benzene rings is 2. The molecule has 0 atom stereocenters. The van der Waals surface area contributed by atoms with Gasteiger partial charge in [-0.2, -0.15) is 10.2 Å². The van der Waals surface area contributed by atoms with Crippen molar-refractivity contribution in [2.45, 2.75) is 0 Å². The lowest BCUT2D eigenvalue weighted by Gasteiger charge is -1.99. The lowest BCUT2D eigenvalue weighted by atomic mass is 10.2. The average Bonchev–Trinajstić information content (AvgIpc) is 2.87. The molecular weight excluding hydrogens is 226 g/mol. The number of H-pyrrole nitrogens is 1. The summed E-state index contributed by atoms with van der Waals surface area (Å²) in [7, 11) is 0. The third-order valence-electron chi connectivity index (χ3n) is 2.64. The Labute approximate surface area is 103 Å². The van der Waals surface area contributed by atoms with Crippen LogP contribution in [0.1, 0.15) is 0 Å². The lowest BCUT2D eigenvalue weighted by molar-refractivity contribution is 1.11. The van der Waals surface area contributed by atoms with Crippen molar-refractivity contribution in [3.63, 3.8) is 0 Å². The first kappa shape index (κ1) is 10.5. The van der Waals surface area contributed by atoms with E-state index in [1.54, 1.807) is 12.3 Å². The van der Waals surface area contributed by atoms with Gasteiger partial charge in [0.15, 0.2) is 0 Å². The van der Waals surface area contributed by atoms with Crippen LogP contribution in [0, 0.1) is 0 Å². The van der Waals surface area contributed by atoms with E-state index in [-0.39, 0.29) is 0 Å². The Hall–Kier alpha value is -2.69. The lowest BCUT2D eigenvalue weighted by Crippen LogP contribution is -1.85. The van der Waals surface area contributed by atoms with Gasteiger partial charge in [0.05, 0.1) is 23.1 Å². The fourth-order valence-corrected chi connectivity index (χ4v) is 1.72. The van der Waals surface area contributed by atoms with E-state index in [9.17, 15) is 0 Å². The third kappa shape index (κ3) is 1.82. The number of anilines is 1. The molecule has 3 rings (SSSR count). The topological polar surface area (TPSA) is 79.4 Å². The molecule has 0 aliphatic rings. The number of hydrogen-bond donors (Lipinski definition) is 2. The Bertz CT molecular complexity index is 700. The predicted octanol–water partition coefficient (Wildman–Crippen LogP) is 3.56. The summed E-state index contributed by atoms with van der Waals surface area (Å²) in [5.74, 6) is 0. The number of nitrogens with two attached hydrogens (primary N) is 1. The van der Waals surface area contributed by atoms with Crippen LogP contribution >= 0.6 is 0 Å². The molecule has 3 aromatic rings. The van der Waals surface area contributed by atoms with Crippen LogP contribution in [0.15, 0.2) is 58.9 Å². The van der Waals surface area contributed by atoms with Gasteiger partial charge in [-0.15, -0.1) is 5.11 Å². The second-order valence-corrected chi connectivity index (χ2v) is 3.87. The monoisotopic (exact) mass is 237 g/mol. The summed E-state index contributed by atoms with van der Waals surface area (Å²) in [6.07, 6.45) is 1.73. The van der Waals surface area contributed by atoms with Gasteiger partial charge in [-0.1, -0.05) is 18.2 Å². The molecular formula is C13H11N5. The zero-order valence-corrected chi connectivity index (χ0v) is 9.54. The first-order valence-electron chi connectivity index (χ1n) is 5.53. The zero-order valence-electron chi connectivity index (χ0n) is 9.54. The van der Waals surface area contributed by atoms with Gasteiger partial charge in [0.1, 0.15) is 5.69 Å². The number of nitrogens with one attached hydrogen (secondary N) is 1. The smallest absolute Gasteiger partial charge is 0.134 e. The number of nitrogens with zero attached hydrogens (tertiary/aromatic N) is 3. The van der Waals surface area contributed by atoms with Gasteiger partial charge in [0.2, 0.25) is 0 Å². The standard InChI is InChI=1S/C13H11N5/c14-11-7-6-9-8-15-17-12(9)13(11)18-16-10-4-2-1-3-5-10/h1-8H,14H2,(H,15,17). The normalized spacial score (nSPS) is 11.3. The molecule has 5 heteroatoms. The van der Waals surface area contributed by atoms with E-state index in [0.717, 1.165) is 16.6 Å². The van der Waals surface area contributed by atoms with Gasteiger partial charge in [0.25, 0.3) is 0 Å². The molecule has 2 aromatic carbocycles. The van der Waals surface area contributed by atoms with Gasteiger partial charge < -0.3 is 5.73 Å². The van der Waals surface area contributed by atoms with E-state index in [2.05, 4.69) is 20.4 Å². The molecule has 0 aliphatic heterocycles. The first-order valence-corrected chi connectivity index (χ1v) is 5.53. The van der Waals surface area contributed by atoms with Crippen molar-refractivity contribution in [1.82, 2.24) is 10.2 Å². The first-order chi connectivity index (χ1) is 8.84. The molecule has 1 aromatic heterocycles. The van der Waals surface area contributed by atoms with Gasteiger partial charge in [-0.3, -0.25) is 5.10 Å². The maximum Gasteiger partial charge on any atom is 0.134 e. The number of aromatic amines is 1. The minimum Gasteiger partial charge on any atom is -0.397 e. The van der Waals surface area contributed by atoms with E-state index >= 15 is 0 Å². The molecule has 0 bridgehead atoms. The number of fused-ring (bicyclic) bond motifs is 1. The average molecular weight is 237 g/mol. The Morgan fingerprint density at radius 2 is 1.83 bits per heavy atom.